The molecule has 1 N–H and O–H groups in total. The summed E-state index contributed by atoms with van der Waals surface area (Å²) in [7, 11) is -3.96. The maximum atomic E-state index is 13.1. The van der Waals surface area contributed by atoms with E-state index in [2.05, 4.69) is 0 Å². The van der Waals surface area contributed by atoms with Gasteiger partial charge in [-0.05, 0) is 73.5 Å². The monoisotopic (exact) mass is 443 g/mol. The quantitative estimate of drug-likeness (QED) is 0.549. The van der Waals surface area contributed by atoms with Gasteiger partial charge in [-0.2, -0.15) is 0 Å². The lowest BCUT2D eigenvalue weighted by Crippen LogP contribution is -2.31. The van der Waals surface area contributed by atoms with Crippen molar-refractivity contribution in [2.75, 3.05) is 10.8 Å². The number of rotatable bonds is 8. The van der Waals surface area contributed by atoms with E-state index in [1.807, 2.05) is 0 Å². The highest BCUT2D eigenvalue weighted by atomic mass is 32.2. The van der Waals surface area contributed by atoms with Crippen molar-refractivity contribution in [3.05, 3.63) is 89.2 Å². The van der Waals surface area contributed by atoms with Crippen molar-refractivity contribution in [1.82, 2.24) is 0 Å². The van der Waals surface area contributed by atoms with Crippen LogP contribution in [-0.2, 0) is 16.6 Å². The van der Waals surface area contributed by atoms with E-state index in [4.69, 9.17) is 4.74 Å². The Labute approximate surface area is 180 Å². The topological polar surface area (TPSA) is 83.9 Å². The van der Waals surface area contributed by atoms with Crippen LogP contribution >= 0.6 is 0 Å². The standard InChI is InChI=1S/C23H22FNO5S/c1-3-25(31(28,29)21-13-4-16(2)22(14-21)23(26)27)19-9-11-20(12-10-19)30-15-17-5-7-18(24)8-6-17/h4-14H,3,15H2,1-2H3,(H,26,27). The second-order valence-corrected chi connectivity index (χ2v) is 8.72. The first-order valence-corrected chi connectivity index (χ1v) is 11.0. The van der Waals surface area contributed by atoms with Crippen LogP contribution in [0.4, 0.5) is 10.1 Å². The molecule has 0 amide bonds. The Morgan fingerprint density at radius 2 is 1.68 bits per heavy atom. The van der Waals surface area contributed by atoms with Crippen molar-refractivity contribution in [3.63, 3.8) is 0 Å². The molecule has 0 radical (unpaired) electrons. The normalized spacial score (nSPS) is 11.2. The number of carboxylic acid groups (broad SMARTS) is 1. The SMILES string of the molecule is CCN(c1ccc(OCc2ccc(F)cc2)cc1)S(=O)(=O)c1ccc(C)c(C(=O)O)c1. The van der Waals surface area contributed by atoms with Crippen LogP contribution in [0.25, 0.3) is 0 Å². The number of aryl methyl sites for hydroxylation is 1. The number of carboxylic acids is 1. The molecule has 0 heterocycles. The molecule has 0 saturated carbocycles. The number of sulfonamides is 1. The lowest BCUT2D eigenvalue weighted by Gasteiger charge is -2.23. The van der Waals surface area contributed by atoms with Crippen LogP contribution in [0.3, 0.4) is 0 Å². The van der Waals surface area contributed by atoms with Gasteiger partial charge in [-0.1, -0.05) is 18.2 Å². The third kappa shape index (κ3) is 5.03. The van der Waals surface area contributed by atoms with E-state index >= 15 is 0 Å². The molecule has 3 rings (SSSR count). The van der Waals surface area contributed by atoms with Crippen LogP contribution in [0.5, 0.6) is 5.75 Å². The smallest absolute Gasteiger partial charge is 0.335 e. The number of aromatic carboxylic acids is 1. The molecular weight excluding hydrogens is 421 g/mol. The Morgan fingerprint density at radius 3 is 2.26 bits per heavy atom. The van der Waals surface area contributed by atoms with E-state index in [-0.39, 0.29) is 29.4 Å². The van der Waals surface area contributed by atoms with Crippen LogP contribution in [-0.4, -0.2) is 26.0 Å². The van der Waals surface area contributed by atoms with E-state index < -0.39 is 16.0 Å². The largest absolute Gasteiger partial charge is 0.489 e. The van der Waals surface area contributed by atoms with Gasteiger partial charge >= 0.3 is 5.97 Å². The number of hydrogen-bond donors (Lipinski definition) is 1. The van der Waals surface area contributed by atoms with Crippen molar-refractivity contribution in [3.8, 4) is 5.75 Å². The molecular formula is C23H22FNO5S. The van der Waals surface area contributed by atoms with Gasteiger partial charge in [0.15, 0.2) is 0 Å². The molecule has 8 heteroatoms. The average molecular weight is 443 g/mol. The van der Waals surface area contributed by atoms with Gasteiger partial charge in [0, 0.05) is 6.54 Å². The predicted octanol–water partition coefficient (Wildman–Crippen LogP) is 4.63. The summed E-state index contributed by atoms with van der Waals surface area (Å²) in [6, 6.07) is 16.6. The molecule has 0 aliphatic carbocycles. The van der Waals surface area contributed by atoms with Crippen molar-refractivity contribution < 1.29 is 27.4 Å². The number of benzene rings is 3. The molecule has 0 atom stereocenters. The number of nitrogens with zero attached hydrogens (tertiary/aromatic N) is 1. The average Bonchev–Trinajstić information content (AvgIpc) is 2.74. The summed E-state index contributed by atoms with van der Waals surface area (Å²) < 4.78 is 46.1. The maximum Gasteiger partial charge on any atom is 0.335 e. The van der Waals surface area contributed by atoms with Gasteiger partial charge in [0.2, 0.25) is 0 Å². The zero-order valence-electron chi connectivity index (χ0n) is 17.1. The third-order valence-electron chi connectivity index (χ3n) is 4.76. The number of ether oxygens (including phenoxy) is 1. The highest BCUT2D eigenvalue weighted by Gasteiger charge is 2.25. The second-order valence-electron chi connectivity index (χ2n) is 6.86. The van der Waals surface area contributed by atoms with Gasteiger partial charge in [0.05, 0.1) is 16.1 Å². The van der Waals surface area contributed by atoms with E-state index in [0.717, 1.165) is 5.56 Å². The minimum absolute atomic E-state index is 0.0540. The van der Waals surface area contributed by atoms with Gasteiger partial charge in [0.1, 0.15) is 18.2 Å². The first-order chi connectivity index (χ1) is 14.7. The van der Waals surface area contributed by atoms with Gasteiger partial charge < -0.3 is 9.84 Å². The summed E-state index contributed by atoms with van der Waals surface area (Å²) in [5, 5.41) is 9.30. The van der Waals surface area contributed by atoms with Gasteiger partial charge in [-0.15, -0.1) is 0 Å². The molecule has 0 unspecified atom stereocenters. The van der Waals surface area contributed by atoms with Crippen molar-refractivity contribution in [2.45, 2.75) is 25.3 Å². The lowest BCUT2D eigenvalue weighted by molar-refractivity contribution is 0.0696. The molecule has 3 aromatic rings. The minimum Gasteiger partial charge on any atom is -0.489 e. The van der Waals surface area contributed by atoms with Gasteiger partial charge in [-0.3, -0.25) is 4.31 Å². The number of hydrogen-bond acceptors (Lipinski definition) is 4. The highest BCUT2D eigenvalue weighted by molar-refractivity contribution is 7.92. The summed E-state index contributed by atoms with van der Waals surface area (Å²) >= 11 is 0. The number of halogens is 1. The number of carbonyl (C=O) groups is 1. The summed E-state index contributed by atoms with van der Waals surface area (Å²) in [6.07, 6.45) is 0. The van der Waals surface area contributed by atoms with Crippen molar-refractivity contribution in [2.24, 2.45) is 0 Å². The van der Waals surface area contributed by atoms with E-state index in [1.165, 1.54) is 34.6 Å². The molecule has 0 bridgehead atoms. The fourth-order valence-electron chi connectivity index (χ4n) is 3.07. The van der Waals surface area contributed by atoms with Gasteiger partial charge in [0.25, 0.3) is 10.0 Å². The molecule has 6 nitrogen and oxygen atoms in total. The fourth-order valence-corrected chi connectivity index (χ4v) is 4.57. The molecule has 0 fully saturated rings. The van der Waals surface area contributed by atoms with Crippen LogP contribution in [0.15, 0.2) is 71.6 Å². The summed E-state index contributed by atoms with van der Waals surface area (Å²) in [5.41, 5.74) is 1.66. The zero-order valence-corrected chi connectivity index (χ0v) is 17.9. The highest BCUT2D eigenvalue weighted by Crippen LogP contribution is 2.27. The Hall–Kier alpha value is -3.39. The number of anilines is 1. The van der Waals surface area contributed by atoms with E-state index in [9.17, 15) is 22.7 Å². The molecule has 162 valence electrons. The summed E-state index contributed by atoms with van der Waals surface area (Å²) in [6.45, 7) is 3.72. The first kappa shape index (κ1) is 22.3. The molecule has 0 aliphatic rings. The van der Waals surface area contributed by atoms with Crippen LogP contribution in [0.1, 0.15) is 28.4 Å². The zero-order chi connectivity index (χ0) is 22.6. The fraction of sp³-hybridized carbons (Fsp3) is 0.174. The van der Waals surface area contributed by atoms with Gasteiger partial charge in [-0.25, -0.2) is 17.6 Å². The minimum atomic E-state index is -3.96. The van der Waals surface area contributed by atoms with Crippen LogP contribution < -0.4 is 9.04 Å². The third-order valence-corrected chi connectivity index (χ3v) is 6.66. The van der Waals surface area contributed by atoms with E-state index in [1.54, 1.807) is 50.2 Å². The van der Waals surface area contributed by atoms with Crippen LogP contribution in [0, 0.1) is 12.7 Å². The lowest BCUT2D eigenvalue weighted by atomic mass is 10.1. The Morgan fingerprint density at radius 1 is 1.03 bits per heavy atom. The molecule has 0 aliphatic heterocycles. The first-order valence-electron chi connectivity index (χ1n) is 9.56. The molecule has 0 aromatic heterocycles. The second kappa shape index (κ2) is 9.18. The Balaban J connectivity index is 1.80. The Bertz CT molecular complexity index is 1180. The molecule has 0 saturated heterocycles. The summed E-state index contributed by atoms with van der Waals surface area (Å²) in [4.78, 5) is 11.3. The molecule has 3 aromatic carbocycles. The summed E-state index contributed by atoms with van der Waals surface area (Å²) in [5.74, 6) is -0.969. The Kier molecular flexibility index (Phi) is 6.60. The van der Waals surface area contributed by atoms with Crippen molar-refractivity contribution in [1.29, 1.82) is 0 Å². The van der Waals surface area contributed by atoms with E-state index in [0.29, 0.717) is 17.0 Å². The maximum absolute atomic E-state index is 13.1. The van der Waals surface area contributed by atoms with Crippen molar-refractivity contribution >= 4 is 21.7 Å². The van der Waals surface area contributed by atoms with Crippen LogP contribution in [0.2, 0.25) is 0 Å². The predicted molar refractivity (Wildman–Crippen MR) is 116 cm³/mol. The molecule has 0 spiro atoms. The molecule has 31 heavy (non-hydrogen) atoms.